The third-order valence-corrected chi connectivity index (χ3v) is 5.50. The first-order valence-corrected chi connectivity index (χ1v) is 8.19. The highest BCUT2D eigenvalue weighted by molar-refractivity contribution is 7.89. The second-order valence-corrected chi connectivity index (χ2v) is 6.77. The lowest BCUT2D eigenvalue weighted by Gasteiger charge is -2.26. The zero-order valence-corrected chi connectivity index (χ0v) is 13.5. The van der Waals surface area contributed by atoms with E-state index in [2.05, 4.69) is 0 Å². The minimum absolute atomic E-state index is 0.171. The SMILES string of the molecule is CCN(C(C)COC)S(=O)(=O)c1ccc(CN)c(Cl)c1. The Hall–Kier alpha value is -0.660. The van der Waals surface area contributed by atoms with Crippen LogP contribution in [-0.2, 0) is 21.3 Å². The fourth-order valence-corrected chi connectivity index (χ4v) is 4.01. The van der Waals surface area contributed by atoms with Gasteiger partial charge in [-0.2, -0.15) is 4.31 Å². The molecular weight excluding hydrogens is 300 g/mol. The highest BCUT2D eigenvalue weighted by atomic mass is 35.5. The van der Waals surface area contributed by atoms with Gasteiger partial charge in [0.2, 0.25) is 10.0 Å². The summed E-state index contributed by atoms with van der Waals surface area (Å²) in [7, 11) is -2.05. The van der Waals surface area contributed by atoms with E-state index >= 15 is 0 Å². The number of nitrogens with two attached hydrogens (primary N) is 1. The van der Waals surface area contributed by atoms with Gasteiger partial charge in [0.15, 0.2) is 0 Å². The summed E-state index contributed by atoms with van der Waals surface area (Å²) in [5, 5.41) is 0.365. The van der Waals surface area contributed by atoms with Gasteiger partial charge in [0.1, 0.15) is 0 Å². The van der Waals surface area contributed by atoms with Gasteiger partial charge in [-0.25, -0.2) is 8.42 Å². The van der Waals surface area contributed by atoms with Crippen molar-refractivity contribution < 1.29 is 13.2 Å². The molecule has 1 rings (SSSR count). The molecule has 2 N–H and O–H groups in total. The van der Waals surface area contributed by atoms with Crippen molar-refractivity contribution in [2.45, 2.75) is 31.3 Å². The zero-order chi connectivity index (χ0) is 15.3. The van der Waals surface area contributed by atoms with Crippen LogP contribution in [0, 0.1) is 0 Å². The molecule has 0 amide bonds. The van der Waals surface area contributed by atoms with Gasteiger partial charge in [-0.15, -0.1) is 0 Å². The number of halogens is 1. The Morgan fingerprint density at radius 1 is 1.45 bits per heavy atom. The molecule has 0 aromatic heterocycles. The minimum Gasteiger partial charge on any atom is -0.383 e. The number of likely N-dealkylation sites (N-methyl/N-ethyl adjacent to an activating group) is 1. The fourth-order valence-electron chi connectivity index (χ4n) is 2.03. The Morgan fingerprint density at radius 3 is 2.55 bits per heavy atom. The maximum Gasteiger partial charge on any atom is 0.243 e. The van der Waals surface area contributed by atoms with Crippen LogP contribution in [0.15, 0.2) is 23.1 Å². The van der Waals surface area contributed by atoms with Crippen LogP contribution in [0.25, 0.3) is 0 Å². The van der Waals surface area contributed by atoms with Crippen LogP contribution < -0.4 is 5.73 Å². The lowest BCUT2D eigenvalue weighted by atomic mass is 10.2. The first kappa shape index (κ1) is 17.4. The number of benzene rings is 1. The molecule has 1 aromatic carbocycles. The summed E-state index contributed by atoms with van der Waals surface area (Å²) < 4.78 is 31.6. The number of ether oxygens (including phenoxy) is 1. The van der Waals surface area contributed by atoms with Gasteiger partial charge in [0.05, 0.1) is 11.5 Å². The normalized spacial score (nSPS) is 13.7. The Morgan fingerprint density at radius 2 is 2.10 bits per heavy atom. The minimum atomic E-state index is -3.59. The third kappa shape index (κ3) is 3.71. The van der Waals surface area contributed by atoms with E-state index in [0.717, 1.165) is 5.56 Å². The summed E-state index contributed by atoms with van der Waals surface area (Å²) >= 11 is 6.04. The molecule has 0 spiro atoms. The first-order chi connectivity index (χ1) is 9.38. The summed E-state index contributed by atoms with van der Waals surface area (Å²) in [5.74, 6) is 0. The monoisotopic (exact) mass is 320 g/mol. The molecule has 0 saturated heterocycles. The molecule has 0 saturated carbocycles. The fraction of sp³-hybridized carbons (Fsp3) is 0.538. The molecule has 7 heteroatoms. The van der Waals surface area contributed by atoms with E-state index in [1.165, 1.54) is 16.4 Å². The molecule has 0 bridgehead atoms. The second-order valence-electron chi connectivity index (χ2n) is 4.47. The Kier molecular flexibility index (Phi) is 6.42. The average Bonchev–Trinajstić information content (AvgIpc) is 2.39. The molecule has 114 valence electrons. The molecule has 0 radical (unpaired) electrons. The van der Waals surface area contributed by atoms with E-state index in [1.54, 1.807) is 27.0 Å². The smallest absolute Gasteiger partial charge is 0.243 e. The quantitative estimate of drug-likeness (QED) is 0.832. The van der Waals surface area contributed by atoms with Crippen LogP contribution in [-0.4, -0.2) is 39.0 Å². The van der Waals surface area contributed by atoms with Crippen molar-refractivity contribution in [3.05, 3.63) is 28.8 Å². The van der Waals surface area contributed by atoms with Gasteiger partial charge in [-0.1, -0.05) is 24.6 Å². The second kappa shape index (κ2) is 7.38. The van der Waals surface area contributed by atoms with Crippen LogP contribution in [0.1, 0.15) is 19.4 Å². The summed E-state index contributed by atoms with van der Waals surface area (Å²) in [6, 6.07) is 4.37. The van der Waals surface area contributed by atoms with Gasteiger partial charge in [0.25, 0.3) is 0 Å². The molecule has 20 heavy (non-hydrogen) atoms. The van der Waals surface area contributed by atoms with Crippen LogP contribution in [0.5, 0.6) is 0 Å². The van der Waals surface area contributed by atoms with E-state index in [4.69, 9.17) is 22.1 Å². The summed E-state index contributed by atoms with van der Waals surface area (Å²) in [4.78, 5) is 0.171. The maximum absolute atomic E-state index is 12.6. The van der Waals surface area contributed by atoms with Crippen molar-refractivity contribution in [3.8, 4) is 0 Å². The van der Waals surface area contributed by atoms with Gasteiger partial charge in [0, 0.05) is 31.3 Å². The van der Waals surface area contributed by atoms with E-state index < -0.39 is 10.0 Å². The Balaban J connectivity index is 3.17. The molecular formula is C13H21ClN2O3S. The number of hydrogen-bond donors (Lipinski definition) is 1. The van der Waals surface area contributed by atoms with E-state index in [1.807, 2.05) is 0 Å². The molecule has 0 fully saturated rings. The van der Waals surface area contributed by atoms with Crippen LogP contribution in [0.4, 0.5) is 0 Å². The first-order valence-electron chi connectivity index (χ1n) is 6.37. The molecule has 5 nitrogen and oxygen atoms in total. The molecule has 1 aromatic rings. The molecule has 1 atom stereocenters. The highest BCUT2D eigenvalue weighted by Crippen LogP contribution is 2.24. The van der Waals surface area contributed by atoms with E-state index in [-0.39, 0.29) is 17.5 Å². The molecule has 0 aliphatic rings. The largest absolute Gasteiger partial charge is 0.383 e. The lowest BCUT2D eigenvalue weighted by Crippen LogP contribution is -2.40. The maximum atomic E-state index is 12.6. The predicted molar refractivity (Wildman–Crippen MR) is 80.2 cm³/mol. The number of methoxy groups -OCH3 is 1. The van der Waals surface area contributed by atoms with Crippen molar-refractivity contribution in [2.24, 2.45) is 5.73 Å². The van der Waals surface area contributed by atoms with Gasteiger partial charge in [-0.05, 0) is 24.6 Å². The molecule has 0 aliphatic carbocycles. The number of sulfonamides is 1. The molecule has 0 aliphatic heterocycles. The topological polar surface area (TPSA) is 72.6 Å². The number of nitrogens with zero attached hydrogens (tertiary/aromatic N) is 1. The Bertz CT molecular complexity index is 549. The Labute approximate surface area is 125 Å². The van der Waals surface area contributed by atoms with Crippen molar-refractivity contribution in [3.63, 3.8) is 0 Å². The van der Waals surface area contributed by atoms with Crippen LogP contribution in [0.2, 0.25) is 5.02 Å². The average molecular weight is 321 g/mol. The van der Waals surface area contributed by atoms with E-state index in [9.17, 15) is 8.42 Å². The summed E-state index contributed by atoms with van der Waals surface area (Å²) in [6.07, 6.45) is 0. The summed E-state index contributed by atoms with van der Waals surface area (Å²) in [5.41, 5.74) is 6.24. The van der Waals surface area contributed by atoms with Gasteiger partial charge in [-0.3, -0.25) is 0 Å². The number of hydrogen-bond acceptors (Lipinski definition) is 4. The zero-order valence-electron chi connectivity index (χ0n) is 12.0. The number of rotatable bonds is 7. The van der Waals surface area contributed by atoms with Crippen molar-refractivity contribution in [1.82, 2.24) is 4.31 Å². The van der Waals surface area contributed by atoms with Gasteiger partial charge >= 0.3 is 0 Å². The van der Waals surface area contributed by atoms with Crippen LogP contribution >= 0.6 is 11.6 Å². The predicted octanol–water partition coefficient (Wildman–Crippen LogP) is 1.84. The summed E-state index contributed by atoms with van der Waals surface area (Å²) in [6.45, 7) is 4.57. The van der Waals surface area contributed by atoms with Crippen LogP contribution in [0.3, 0.4) is 0 Å². The molecule has 1 unspecified atom stereocenters. The van der Waals surface area contributed by atoms with Crippen molar-refractivity contribution >= 4 is 21.6 Å². The van der Waals surface area contributed by atoms with E-state index in [0.29, 0.717) is 18.2 Å². The molecule has 0 heterocycles. The third-order valence-electron chi connectivity index (χ3n) is 3.06. The van der Waals surface area contributed by atoms with Gasteiger partial charge < -0.3 is 10.5 Å². The van der Waals surface area contributed by atoms with Crippen molar-refractivity contribution in [1.29, 1.82) is 0 Å². The van der Waals surface area contributed by atoms with Crippen molar-refractivity contribution in [2.75, 3.05) is 20.3 Å². The lowest BCUT2D eigenvalue weighted by molar-refractivity contribution is 0.142. The standard InChI is InChI=1S/C13H21ClN2O3S/c1-4-16(10(2)9-19-3)20(17,18)12-6-5-11(8-15)13(14)7-12/h5-7,10H,4,8-9,15H2,1-3H3. The highest BCUT2D eigenvalue weighted by Gasteiger charge is 2.28.